The van der Waals surface area contributed by atoms with Gasteiger partial charge in [0.25, 0.3) is 11.8 Å². The van der Waals surface area contributed by atoms with Crippen LogP contribution in [0.25, 0.3) is 33.7 Å². The standard InChI is InChI=1S/C21H17N7O2/c1-12-18(28-19(26-12)20(29)23-10-13-4-6-22-7-5-13)14-2-3-16-15(8-14)9-17(27-16)21-24-11-25-30-21/h2-9,11,27H,10H2,1H3,(H,23,29)(H,26,28). The number of aryl methyl sites for hydroxylation is 1. The van der Waals surface area contributed by atoms with Gasteiger partial charge in [-0.2, -0.15) is 4.98 Å². The first-order chi connectivity index (χ1) is 14.7. The van der Waals surface area contributed by atoms with Crippen LogP contribution in [0.2, 0.25) is 0 Å². The topological polar surface area (TPSA) is 125 Å². The molecule has 0 saturated heterocycles. The van der Waals surface area contributed by atoms with Crippen molar-refractivity contribution in [1.29, 1.82) is 0 Å². The maximum absolute atomic E-state index is 12.5. The number of rotatable bonds is 5. The first kappa shape index (κ1) is 17.8. The molecule has 0 spiro atoms. The summed E-state index contributed by atoms with van der Waals surface area (Å²) in [6.07, 6.45) is 4.75. The molecular formula is C21H17N7O2. The molecule has 9 heteroatoms. The highest BCUT2D eigenvalue weighted by Gasteiger charge is 2.16. The molecule has 9 nitrogen and oxygen atoms in total. The van der Waals surface area contributed by atoms with E-state index in [9.17, 15) is 4.79 Å². The van der Waals surface area contributed by atoms with Crippen molar-refractivity contribution in [2.45, 2.75) is 13.5 Å². The Hall–Kier alpha value is -4.27. The van der Waals surface area contributed by atoms with Gasteiger partial charge < -0.3 is 19.8 Å². The number of nitrogens with one attached hydrogen (secondary N) is 3. The molecule has 5 aromatic rings. The van der Waals surface area contributed by atoms with Crippen LogP contribution in [0.15, 0.2) is 59.6 Å². The Kier molecular flexibility index (Phi) is 4.32. The highest BCUT2D eigenvalue weighted by atomic mass is 16.5. The van der Waals surface area contributed by atoms with Crippen LogP contribution in [0.4, 0.5) is 0 Å². The van der Waals surface area contributed by atoms with E-state index in [-0.39, 0.29) is 11.7 Å². The number of imidazole rings is 1. The lowest BCUT2D eigenvalue weighted by Gasteiger charge is -2.02. The Morgan fingerprint density at radius 3 is 2.80 bits per heavy atom. The van der Waals surface area contributed by atoms with Gasteiger partial charge in [-0.3, -0.25) is 9.78 Å². The van der Waals surface area contributed by atoms with Crippen LogP contribution in [0, 0.1) is 6.92 Å². The predicted octanol–water partition coefficient (Wildman–Crippen LogP) is 3.24. The number of carbonyl (C=O) groups is 1. The van der Waals surface area contributed by atoms with Crippen LogP contribution in [0.1, 0.15) is 21.9 Å². The molecule has 0 fully saturated rings. The fraction of sp³-hybridized carbons (Fsp3) is 0.0952. The molecule has 0 aliphatic rings. The minimum atomic E-state index is -0.262. The molecular weight excluding hydrogens is 382 g/mol. The quantitative estimate of drug-likeness (QED) is 0.417. The monoisotopic (exact) mass is 399 g/mol. The molecule has 0 atom stereocenters. The van der Waals surface area contributed by atoms with Crippen LogP contribution >= 0.6 is 0 Å². The molecule has 0 unspecified atom stereocenters. The molecule has 148 valence electrons. The van der Waals surface area contributed by atoms with Crippen LogP contribution in [0.3, 0.4) is 0 Å². The van der Waals surface area contributed by atoms with Gasteiger partial charge in [0.1, 0.15) is 5.69 Å². The van der Waals surface area contributed by atoms with Crippen LogP contribution < -0.4 is 5.32 Å². The van der Waals surface area contributed by atoms with Crippen LogP contribution in [0.5, 0.6) is 0 Å². The molecule has 0 radical (unpaired) electrons. The third kappa shape index (κ3) is 3.32. The highest BCUT2D eigenvalue weighted by molar-refractivity contribution is 5.92. The molecule has 3 N–H and O–H groups in total. The third-order valence-corrected chi connectivity index (χ3v) is 4.79. The van der Waals surface area contributed by atoms with Crippen molar-refractivity contribution in [1.82, 2.24) is 35.4 Å². The molecule has 4 heterocycles. The van der Waals surface area contributed by atoms with Gasteiger partial charge in [-0.25, -0.2) is 4.98 Å². The van der Waals surface area contributed by atoms with E-state index >= 15 is 0 Å². The van der Waals surface area contributed by atoms with Gasteiger partial charge in [0.2, 0.25) is 0 Å². The average Bonchev–Trinajstić information content (AvgIpc) is 3.51. The molecule has 0 saturated carbocycles. The highest BCUT2D eigenvalue weighted by Crippen LogP contribution is 2.28. The Morgan fingerprint density at radius 1 is 1.13 bits per heavy atom. The summed E-state index contributed by atoms with van der Waals surface area (Å²) in [6, 6.07) is 11.6. The molecule has 1 aromatic carbocycles. The van der Waals surface area contributed by atoms with E-state index < -0.39 is 0 Å². The smallest absolute Gasteiger partial charge is 0.287 e. The molecule has 0 aliphatic carbocycles. The number of hydrogen-bond donors (Lipinski definition) is 3. The number of H-pyrrole nitrogens is 2. The minimum absolute atomic E-state index is 0.262. The second-order valence-electron chi connectivity index (χ2n) is 6.83. The van der Waals surface area contributed by atoms with Gasteiger partial charge in [0.15, 0.2) is 12.2 Å². The SMILES string of the molecule is Cc1[nH]c(C(=O)NCc2ccncc2)nc1-c1ccc2[nH]c(-c3ncno3)cc2c1. The van der Waals surface area contributed by atoms with Crippen molar-refractivity contribution < 1.29 is 9.32 Å². The van der Waals surface area contributed by atoms with E-state index in [0.29, 0.717) is 12.4 Å². The first-order valence-corrected chi connectivity index (χ1v) is 9.31. The molecule has 30 heavy (non-hydrogen) atoms. The number of aromatic amines is 2. The Balaban J connectivity index is 1.39. The second kappa shape index (κ2) is 7.28. The number of benzene rings is 1. The predicted molar refractivity (Wildman–Crippen MR) is 109 cm³/mol. The minimum Gasteiger partial charge on any atom is -0.351 e. The van der Waals surface area contributed by atoms with E-state index in [1.54, 1.807) is 12.4 Å². The fourth-order valence-corrected chi connectivity index (χ4v) is 3.30. The van der Waals surface area contributed by atoms with Gasteiger partial charge >= 0.3 is 0 Å². The van der Waals surface area contributed by atoms with Crippen molar-refractivity contribution in [3.63, 3.8) is 0 Å². The van der Waals surface area contributed by atoms with Crippen molar-refractivity contribution in [2.24, 2.45) is 0 Å². The van der Waals surface area contributed by atoms with E-state index in [0.717, 1.165) is 39.1 Å². The van der Waals surface area contributed by atoms with Crippen LogP contribution in [-0.2, 0) is 6.54 Å². The molecule has 0 bridgehead atoms. The number of nitrogens with zero attached hydrogens (tertiary/aromatic N) is 4. The van der Waals surface area contributed by atoms with Crippen molar-refractivity contribution in [3.8, 4) is 22.8 Å². The normalized spacial score (nSPS) is 11.1. The molecule has 1 amide bonds. The summed E-state index contributed by atoms with van der Waals surface area (Å²) in [4.78, 5) is 31.4. The van der Waals surface area contributed by atoms with E-state index in [4.69, 9.17) is 4.52 Å². The van der Waals surface area contributed by atoms with E-state index in [1.165, 1.54) is 6.33 Å². The zero-order valence-electron chi connectivity index (χ0n) is 16.0. The third-order valence-electron chi connectivity index (χ3n) is 4.79. The van der Waals surface area contributed by atoms with Crippen LogP contribution in [-0.4, -0.2) is 36.0 Å². The summed E-state index contributed by atoms with van der Waals surface area (Å²) < 4.78 is 5.11. The molecule has 4 aromatic heterocycles. The van der Waals surface area contributed by atoms with Gasteiger partial charge in [-0.1, -0.05) is 11.2 Å². The number of hydrogen-bond acceptors (Lipinski definition) is 6. The number of fused-ring (bicyclic) bond motifs is 1. The van der Waals surface area contributed by atoms with E-state index in [2.05, 4.69) is 35.4 Å². The summed E-state index contributed by atoms with van der Waals surface area (Å²) in [5.41, 5.74) is 5.10. The zero-order chi connectivity index (χ0) is 20.5. The summed E-state index contributed by atoms with van der Waals surface area (Å²) >= 11 is 0. The number of aromatic nitrogens is 6. The van der Waals surface area contributed by atoms with E-state index in [1.807, 2.05) is 43.3 Å². The Labute approximate surface area is 170 Å². The number of carbonyl (C=O) groups excluding carboxylic acids is 1. The fourth-order valence-electron chi connectivity index (χ4n) is 3.30. The molecule has 5 rings (SSSR count). The summed E-state index contributed by atoms with van der Waals surface area (Å²) in [5, 5.41) is 7.48. The largest absolute Gasteiger partial charge is 0.351 e. The maximum atomic E-state index is 12.5. The lowest BCUT2D eigenvalue weighted by atomic mass is 10.1. The number of pyridine rings is 1. The van der Waals surface area contributed by atoms with Gasteiger partial charge in [-0.15, -0.1) is 0 Å². The van der Waals surface area contributed by atoms with Gasteiger partial charge in [0.05, 0.1) is 5.69 Å². The lowest BCUT2D eigenvalue weighted by molar-refractivity contribution is 0.0941. The zero-order valence-corrected chi connectivity index (χ0v) is 16.0. The van der Waals surface area contributed by atoms with Crippen molar-refractivity contribution >= 4 is 16.8 Å². The second-order valence-corrected chi connectivity index (χ2v) is 6.83. The van der Waals surface area contributed by atoms with Crippen molar-refractivity contribution in [3.05, 3.63) is 72.2 Å². The maximum Gasteiger partial charge on any atom is 0.287 e. The summed E-state index contributed by atoms with van der Waals surface area (Å²) in [7, 11) is 0. The first-order valence-electron chi connectivity index (χ1n) is 9.31. The van der Waals surface area contributed by atoms with Gasteiger partial charge in [0, 0.05) is 41.1 Å². The molecule has 0 aliphatic heterocycles. The lowest BCUT2D eigenvalue weighted by Crippen LogP contribution is -2.24. The average molecular weight is 399 g/mol. The Bertz CT molecular complexity index is 1320. The summed E-state index contributed by atoms with van der Waals surface area (Å²) in [6.45, 7) is 2.30. The van der Waals surface area contributed by atoms with Crippen molar-refractivity contribution in [2.75, 3.05) is 0 Å². The number of amides is 1. The van der Waals surface area contributed by atoms with Gasteiger partial charge in [-0.05, 0) is 42.8 Å². The summed E-state index contributed by atoms with van der Waals surface area (Å²) in [5.74, 6) is 0.441. The Morgan fingerprint density at radius 2 is 2.00 bits per heavy atom.